The minimum absolute atomic E-state index is 0.116. The predicted molar refractivity (Wildman–Crippen MR) is 116 cm³/mol. The fourth-order valence-corrected chi connectivity index (χ4v) is 4.56. The summed E-state index contributed by atoms with van der Waals surface area (Å²) in [5.41, 5.74) is 2.54. The fraction of sp³-hybridized carbons (Fsp3) is 0.167. The smallest absolute Gasteiger partial charge is 0.262 e. The van der Waals surface area contributed by atoms with Gasteiger partial charge in [0.05, 0.1) is 34.1 Å². The molecule has 28 heavy (non-hydrogen) atoms. The zero-order chi connectivity index (χ0) is 19.7. The topological polar surface area (TPSA) is 89.8 Å². The van der Waals surface area contributed by atoms with E-state index in [1.165, 1.54) is 11.8 Å². The summed E-state index contributed by atoms with van der Waals surface area (Å²) in [7, 11) is 0. The van der Waals surface area contributed by atoms with Gasteiger partial charge >= 0.3 is 0 Å². The SMILES string of the molecule is CCn1c(SCC(=O)Nc2cccc3nsnc23)nc2ccc(Br)cc2c1=O. The number of hydrogen-bond donors (Lipinski definition) is 1. The summed E-state index contributed by atoms with van der Waals surface area (Å²) in [4.78, 5) is 29.8. The van der Waals surface area contributed by atoms with E-state index in [1.54, 1.807) is 22.8 Å². The third-order valence-corrected chi connectivity index (χ3v) is 6.10. The molecule has 0 aliphatic rings. The lowest BCUT2D eigenvalue weighted by atomic mass is 10.2. The number of halogens is 1. The number of fused-ring (bicyclic) bond motifs is 2. The quantitative estimate of drug-likeness (QED) is 0.347. The number of aromatic nitrogens is 4. The van der Waals surface area contributed by atoms with Crippen molar-refractivity contribution in [2.45, 2.75) is 18.6 Å². The number of hydrogen-bond acceptors (Lipinski definition) is 7. The molecule has 0 aliphatic carbocycles. The van der Waals surface area contributed by atoms with Crippen LogP contribution in [-0.4, -0.2) is 30.0 Å². The number of benzene rings is 2. The Kier molecular flexibility index (Phi) is 5.42. The van der Waals surface area contributed by atoms with Crippen LogP contribution in [0, 0.1) is 0 Å². The van der Waals surface area contributed by atoms with Crippen molar-refractivity contribution in [2.75, 3.05) is 11.1 Å². The first kappa shape index (κ1) is 19.0. The molecular formula is C18H14BrN5O2S2. The van der Waals surface area contributed by atoms with Crippen LogP contribution in [-0.2, 0) is 11.3 Å². The standard InChI is InChI=1S/C18H14BrN5O2S2/c1-2-24-17(26)11-8-10(19)6-7-12(11)21-18(24)27-9-15(25)20-13-4-3-5-14-16(13)23-28-22-14/h3-8H,2,9H2,1H3,(H,20,25). The summed E-state index contributed by atoms with van der Waals surface area (Å²) in [5.74, 6) is -0.0686. The normalized spacial score (nSPS) is 11.2. The lowest BCUT2D eigenvalue weighted by molar-refractivity contribution is -0.113. The number of rotatable bonds is 5. The highest BCUT2D eigenvalue weighted by Crippen LogP contribution is 2.23. The van der Waals surface area contributed by atoms with Crippen LogP contribution in [0.2, 0.25) is 0 Å². The Morgan fingerprint density at radius 3 is 2.93 bits per heavy atom. The van der Waals surface area contributed by atoms with Crippen LogP contribution >= 0.6 is 39.4 Å². The lowest BCUT2D eigenvalue weighted by Gasteiger charge is -2.11. The average Bonchev–Trinajstić information content (AvgIpc) is 3.17. The lowest BCUT2D eigenvalue weighted by Crippen LogP contribution is -2.23. The molecule has 0 fully saturated rings. The van der Waals surface area contributed by atoms with Crippen molar-refractivity contribution >= 4 is 73.0 Å². The Hall–Kier alpha value is -2.30. The van der Waals surface area contributed by atoms with Crippen LogP contribution in [0.25, 0.3) is 21.9 Å². The van der Waals surface area contributed by atoms with Crippen molar-refractivity contribution in [3.8, 4) is 0 Å². The van der Waals surface area contributed by atoms with E-state index >= 15 is 0 Å². The highest BCUT2D eigenvalue weighted by Gasteiger charge is 2.14. The van der Waals surface area contributed by atoms with Crippen LogP contribution in [0.5, 0.6) is 0 Å². The van der Waals surface area contributed by atoms with Gasteiger partial charge in [0.2, 0.25) is 5.91 Å². The summed E-state index contributed by atoms with van der Waals surface area (Å²) in [5, 5.41) is 3.93. The van der Waals surface area contributed by atoms with Crippen molar-refractivity contribution in [3.63, 3.8) is 0 Å². The monoisotopic (exact) mass is 475 g/mol. The number of carbonyl (C=O) groups excluding carboxylic acids is 1. The van der Waals surface area contributed by atoms with Gasteiger partial charge in [-0.2, -0.15) is 8.75 Å². The van der Waals surface area contributed by atoms with Gasteiger partial charge in [0.15, 0.2) is 5.16 Å². The van der Waals surface area contributed by atoms with E-state index in [-0.39, 0.29) is 17.2 Å². The number of nitrogens with one attached hydrogen (secondary N) is 1. The minimum atomic E-state index is -0.196. The van der Waals surface area contributed by atoms with Gasteiger partial charge in [-0.05, 0) is 37.3 Å². The zero-order valence-corrected chi connectivity index (χ0v) is 17.9. The Morgan fingerprint density at radius 2 is 2.11 bits per heavy atom. The number of anilines is 1. The largest absolute Gasteiger partial charge is 0.323 e. The van der Waals surface area contributed by atoms with Crippen molar-refractivity contribution in [3.05, 3.63) is 51.2 Å². The Bertz CT molecular complexity index is 1250. The van der Waals surface area contributed by atoms with Crippen molar-refractivity contribution in [1.29, 1.82) is 0 Å². The van der Waals surface area contributed by atoms with E-state index in [2.05, 4.69) is 35.0 Å². The van der Waals surface area contributed by atoms with Crippen LogP contribution in [0.15, 0.2) is 50.8 Å². The predicted octanol–water partition coefficient (Wildman–Crippen LogP) is 3.91. The van der Waals surface area contributed by atoms with Gasteiger partial charge in [-0.3, -0.25) is 14.2 Å². The summed E-state index contributed by atoms with van der Waals surface area (Å²) in [6.45, 7) is 2.36. The van der Waals surface area contributed by atoms with Crippen molar-refractivity contribution < 1.29 is 4.79 Å². The second-order valence-electron chi connectivity index (χ2n) is 5.88. The minimum Gasteiger partial charge on any atom is -0.323 e. The first-order valence-corrected chi connectivity index (χ1v) is 10.9. The van der Waals surface area contributed by atoms with Gasteiger partial charge < -0.3 is 5.32 Å². The molecule has 1 N–H and O–H groups in total. The third kappa shape index (κ3) is 3.67. The first-order valence-electron chi connectivity index (χ1n) is 8.41. The van der Waals surface area contributed by atoms with Gasteiger partial charge in [0.1, 0.15) is 11.0 Å². The number of carbonyl (C=O) groups is 1. The molecule has 2 heterocycles. The van der Waals surface area contributed by atoms with Crippen LogP contribution in [0.3, 0.4) is 0 Å². The molecule has 2 aromatic carbocycles. The molecule has 0 spiro atoms. The van der Waals surface area contributed by atoms with E-state index in [9.17, 15) is 9.59 Å². The van der Waals surface area contributed by atoms with E-state index in [1.807, 2.05) is 25.1 Å². The molecule has 0 saturated heterocycles. The molecule has 7 nitrogen and oxygen atoms in total. The molecule has 10 heteroatoms. The van der Waals surface area contributed by atoms with E-state index < -0.39 is 0 Å². The molecular weight excluding hydrogens is 462 g/mol. The maximum absolute atomic E-state index is 12.8. The van der Waals surface area contributed by atoms with Gasteiger partial charge in [0, 0.05) is 11.0 Å². The molecule has 2 aromatic heterocycles. The van der Waals surface area contributed by atoms with Crippen molar-refractivity contribution in [1.82, 2.24) is 18.3 Å². The van der Waals surface area contributed by atoms with Crippen LogP contribution < -0.4 is 10.9 Å². The number of nitrogens with zero attached hydrogens (tertiary/aromatic N) is 4. The zero-order valence-electron chi connectivity index (χ0n) is 14.7. The fourth-order valence-electron chi connectivity index (χ4n) is 2.79. The molecule has 0 radical (unpaired) electrons. The molecule has 0 atom stereocenters. The molecule has 1 amide bonds. The van der Waals surface area contributed by atoms with Gasteiger partial charge in [-0.25, -0.2) is 4.98 Å². The maximum atomic E-state index is 12.8. The molecule has 4 aromatic rings. The van der Waals surface area contributed by atoms with Gasteiger partial charge in [-0.15, -0.1) is 0 Å². The highest BCUT2D eigenvalue weighted by atomic mass is 79.9. The summed E-state index contributed by atoms with van der Waals surface area (Å²) >= 11 is 5.72. The molecule has 0 saturated carbocycles. The van der Waals surface area contributed by atoms with Crippen LogP contribution in [0.1, 0.15) is 6.92 Å². The Morgan fingerprint density at radius 1 is 1.25 bits per heavy atom. The maximum Gasteiger partial charge on any atom is 0.262 e. The van der Waals surface area contributed by atoms with E-state index in [4.69, 9.17) is 0 Å². The van der Waals surface area contributed by atoms with E-state index in [0.29, 0.717) is 33.8 Å². The average molecular weight is 476 g/mol. The first-order chi connectivity index (χ1) is 13.6. The van der Waals surface area contributed by atoms with Gasteiger partial charge in [0.25, 0.3) is 5.56 Å². The Labute approximate surface area is 176 Å². The summed E-state index contributed by atoms with van der Waals surface area (Å²) in [6, 6.07) is 10.9. The van der Waals surface area contributed by atoms with Crippen LogP contribution in [0.4, 0.5) is 5.69 Å². The molecule has 0 unspecified atom stereocenters. The summed E-state index contributed by atoms with van der Waals surface area (Å²) in [6.07, 6.45) is 0. The Balaban J connectivity index is 1.56. The number of amides is 1. The number of thioether (sulfide) groups is 1. The molecule has 4 rings (SSSR count). The molecule has 0 aliphatic heterocycles. The highest BCUT2D eigenvalue weighted by molar-refractivity contribution is 9.10. The summed E-state index contributed by atoms with van der Waals surface area (Å²) < 4.78 is 10.8. The van der Waals surface area contributed by atoms with Crippen molar-refractivity contribution in [2.24, 2.45) is 0 Å². The van der Waals surface area contributed by atoms with Gasteiger partial charge in [-0.1, -0.05) is 33.8 Å². The molecule has 142 valence electrons. The third-order valence-electron chi connectivity index (χ3n) is 4.09. The second-order valence-corrected chi connectivity index (χ2v) is 8.27. The second kappa shape index (κ2) is 7.98. The molecule has 0 bridgehead atoms. The van der Waals surface area contributed by atoms with E-state index in [0.717, 1.165) is 21.7 Å².